The summed E-state index contributed by atoms with van der Waals surface area (Å²) >= 11 is 0. The number of allylic oxidation sites excluding steroid dienone is 2. The highest BCUT2D eigenvalue weighted by Crippen LogP contribution is 2.60. The summed E-state index contributed by atoms with van der Waals surface area (Å²) in [6.45, 7) is 3.95. The van der Waals surface area contributed by atoms with Crippen molar-refractivity contribution < 1.29 is 4.57 Å². The normalized spacial score (nSPS) is 14.7. The zero-order valence-corrected chi connectivity index (χ0v) is 16.1. The molecule has 1 nitrogen and oxygen atoms in total. The molecule has 0 atom stereocenters. The van der Waals surface area contributed by atoms with E-state index >= 15 is 0 Å². The Kier molecular flexibility index (Phi) is 5.71. The molecule has 0 aliphatic rings. The van der Waals surface area contributed by atoms with E-state index < -0.39 is 7.14 Å². The van der Waals surface area contributed by atoms with Gasteiger partial charge in [-0.2, -0.15) is 0 Å². The van der Waals surface area contributed by atoms with Crippen molar-refractivity contribution in [1.29, 1.82) is 0 Å². The van der Waals surface area contributed by atoms with E-state index in [0.29, 0.717) is 0 Å². The minimum atomic E-state index is -2.86. The van der Waals surface area contributed by atoms with E-state index in [1.54, 1.807) is 0 Å². The lowest BCUT2D eigenvalue weighted by molar-refractivity contribution is 0.589. The fourth-order valence-electron chi connectivity index (χ4n) is 3.09. The summed E-state index contributed by atoms with van der Waals surface area (Å²) in [4.78, 5) is 0. The minimum absolute atomic E-state index is 0.870. The lowest BCUT2D eigenvalue weighted by Crippen LogP contribution is -2.06. The summed E-state index contributed by atoms with van der Waals surface area (Å²) in [6, 6.07) is 29.9. The third-order valence-corrected chi connectivity index (χ3v) is 7.73. The average molecular weight is 358 g/mol. The molecule has 0 aliphatic heterocycles. The molecule has 2 heteroatoms. The monoisotopic (exact) mass is 358 g/mol. The van der Waals surface area contributed by atoms with Crippen molar-refractivity contribution in [3.63, 3.8) is 0 Å². The van der Waals surface area contributed by atoms with Crippen LogP contribution in [-0.2, 0) is 4.57 Å². The van der Waals surface area contributed by atoms with Gasteiger partial charge in [-0.15, -0.1) is 0 Å². The van der Waals surface area contributed by atoms with Gasteiger partial charge in [-0.1, -0.05) is 91.0 Å². The van der Waals surface area contributed by atoms with E-state index in [2.05, 4.69) is 0 Å². The Labute approximate surface area is 156 Å². The maximum atomic E-state index is 14.3. The van der Waals surface area contributed by atoms with Crippen molar-refractivity contribution in [2.24, 2.45) is 0 Å². The van der Waals surface area contributed by atoms with Crippen LogP contribution in [0.3, 0.4) is 0 Å². The van der Waals surface area contributed by atoms with E-state index in [4.69, 9.17) is 0 Å². The summed E-state index contributed by atoms with van der Waals surface area (Å²) in [5.74, 6) is 0. The van der Waals surface area contributed by atoms with Crippen molar-refractivity contribution in [2.75, 3.05) is 0 Å². The van der Waals surface area contributed by atoms with Crippen LogP contribution in [0.5, 0.6) is 0 Å². The molecule has 0 aromatic heterocycles. The first-order valence-electron chi connectivity index (χ1n) is 8.74. The van der Waals surface area contributed by atoms with E-state index in [9.17, 15) is 4.57 Å². The van der Waals surface area contributed by atoms with Crippen molar-refractivity contribution in [2.45, 2.75) is 13.8 Å². The number of rotatable bonds is 5. The Morgan fingerprint density at radius 1 is 0.615 bits per heavy atom. The van der Waals surface area contributed by atoms with Crippen LogP contribution >= 0.6 is 7.14 Å². The molecule has 0 unspecified atom stereocenters. The zero-order chi connectivity index (χ0) is 18.4. The van der Waals surface area contributed by atoms with Gasteiger partial charge in [0.15, 0.2) is 7.14 Å². The van der Waals surface area contributed by atoms with Gasteiger partial charge in [-0.25, -0.2) is 0 Å². The summed E-state index contributed by atoms with van der Waals surface area (Å²) in [6.07, 6.45) is 4.08. The van der Waals surface area contributed by atoms with Crippen LogP contribution in [0.4, 0.5) is 0 Å². The number of hydrogen-bond acceptors (Lipinski definition) is 1. The molecule has 130 valence electrons. The standard InChI is InChI=1S/C24H23OP/c1-20(18-22-12-6-3-7-13-22)26(25,24-16-10-5-11-17-24)21(2)19-23-14-8-4-9-15-23/h3-19H,1-2H3/b20-18+,21-19+. The van der Waals surface area contributed by atoms with E-state index in [1.165, 1.54) is 0 Å². The molecule has 0 saturated heterocycles. The maximum Gasteiger partial charge on any atom is 0.162 e. The first-order chi connectivity index (χ1) is 12.6. The molecule has 3 rings (SSSR count). The van der Waals surface area contributed by atoms with Crippen molar-refractivity contribution >= 4 is 24.6 Å². The molecule has 0 bridgehead atoms. The molecular weight excluding hydrogens is 335 g/mol. The first kappa shape index (κ1) is 18.2. The molecule has 0 radical (unpaired) electrons. The molecule has 0 N–H and O–H groups in total. The third-order valence-electron chi connectivity index (χ3n) is 4.46. The fraction of sp³-hybridized carbons (Fsp3) is 0.0833. The molecule has 3 aromatic carbocycles. The summed E-state index contributed by atoms with van der Waals surface area (Å²) in [7, 11) is -2.86. The zero-order valence-electron chi connectivity index (χ0n) is 15.2. The topological polar surface area (TPSA) is 17.1 Å². The highest BCUT2D eigenvalue weighted by atomic mass is 31.2. The van der Waals surface area contributed by atoms with Crippen LogP contribution in [0.2, 0.25) is 0 Å². The molecule has 0 spiro atoms. The van der Waals surface area contributed by atoms with Crippen LogP contribution in [0.25, 0.3) is 12.2 Å². The average Bonchev–Trinajstić information content (AvgIpc) is 2.69. The highest BCUT2D eigenvalue weighted by Gasteiger charge is 2.29. The second-order valence-electron chi connectivity index (χ2n) is 6.34. The van der Waals surface area contributed by atoms with Crippen molar-refractivity contribution in [3.8, 4) is 0 Å². The Morgan fingerprint density at radius 3 is 1.35 bits per heavy atom. The van der Waals surface area contributed by atoms with Gasteiger partial charge >= 0.3 is 0 Å². The summed E-state index contributed by atoms with van der Waals surface area (Å²) < 4.78 is 14.3. The second-order valence-corrected chi connectivity index (χ2v) is 9.48. The van der Waals surface area contributed by atoms with E-state index in [0.717, 1.165) is 27.1 Å². The largest absolute Gasteiger partial charge is 0.309 e. The van der Waals surface area contributed by atoms with Crippen LogP contribution < -0.4 is 5.30 Å². The van der Waals surface area contributed by atoms with Crippen LogP contribution in [-0.4, -0.2) is 0 Å². The smallest absolute Gasteiger partial charge is 0.162 e. The van der Waals surface area contributed by atoms with E-state index in [-0.39, 0.29) is 0 Å². The van der Waals surface area contributed by atoms with Gasteiger partial charge in [0.05, 0.1) is 0 Å². The Bertz CT molecular complexity index is 895. The van der Waals surface area contributed by atoms with Crippen LogP contribution in [0.1, 0.15) is 25.0 Å². The highest BCUT2D eigenvalue weighted by molar-refractivity contribution is 7.79. The fourth-order valence-corrected chi connectivity index (χ4v) is 5.71. The van der Waals surface area contributed by atoms with Gasteiger partial charge in [0, 0.05) is 5.30 Å². The number of benzene rings is 3. The van der Waals surface area contributed by atoms with Gasteiger partial charge in [0.25, 0.3) is 0 Å². The van der Waals surface area contributed by atoms with Gasteiger partial charge in [-0.05, 0) is 47.8 Å². The minimum Gasteiger partial charge on any atom is -0.309 e. The van der Waals surface area contributed by atoms with Crippen molar-refractivity contribution in [1.82, 2.24) is 0 Å². The quantitative estimate of drug-likeness (QED) is 0.459. The van der Waals surface area contributed by atoms with Crippen molar-refractivity contribution in [3.05, 3.63) is 113 Å². The lowest BCUT2D eigenvalue weighted by Gasteiger charge is -2.21. The first-order valence-corrected chi connectivity index (χ1v) is 10.4. The summed E-state index contributed by atoms with van der Waals surface area (Å²) in [5, 5.41) is 2.65. The van der Waals surface area contributed by atoms with Gasteiger partial charge in [0.2, 0.25) is 0 Å². The lowest BCUT2D eigenvalue weighted by atomic mass is 10.2. The van der Waals surface area contributed by atoms with Crippen LogP contribution in [0, 0.1) is 0 Å². The molecule has 0 heterocycles. The Morgan fingerprint density at radius 2 is 0.962 bits per heavy atom. The predicted molar refractivity (Wildman–Crippen MR) is 114 cm³/mol. The molecule has 3 aromatic rings. The Balaban J connectivity index is 2.13. The molecular formula is C24H23OP. The molecule has 0 saturated carbocycles. The van der Waals surface area contributed by atoms with Gasteiger partial charge in [0.1, 0.15) is 0 Å². The molecule has 0 fully saturated rings. The van der Waals surface area contributed by atoms with E-state index in [1.807, 2.05) is 117 Å². The van der Waals surface area contributed by atoms with Crippen LogP contribution in [0.15, 0.2) is 102 Å². The maximum absolute atomic E-state index is 14.3. The second kappa shape index (κ2) is 8.17. The molecule has 0 amide bonds. The summed E-state index contributed by atoms with van der Waals surface area (Å²) in [5.41, 5.74) is 2.13. The third kappa shape index (κ3) is 3.95. The number of hydrogen-bond donors (Lipinski definition) is 0. The Hall–Kier alpha value is -2.63. The SMILES string of the molecule is C/C(=C\c1ccccc1)P(=O)(/C(C)=C/c1ccccc1)c1ccccc1. The predicted octanol–water partition coefficient (Wildman–Crippen LogP) is 6.80. The molecule has 0 aliphatic carbocycles. The van der Waals surface area contributed by atoms with Gasteiger partial charge < -0.3 is 4.57 Å². The molecule has 26 heavy (non-hydrogen) atoms. The van der Waals surface area contributed by atoms with Gasteiger partial charge in [-0.3, -0.25) is 0 Å².